The Morgan fingerprint density at radius 2 is 0.700 bits per heavy atom. The summed E-state index contributed by atoms with van der Waals surface area (Å²) in [5.74, 6) is 0. The normalized spacial score (nSPS) is 11.6. The van der Waals surface area contributed by atoms with Gasteiger partial charge in [-0.25, -0.2) is 0 Å². The summed E-state index contributed by atoms with van der Waals surface area (Å²) >= 11 is 0. The molecule has 0 aliphatic heterocycles. The second-order valence-corrected chi connectivity index (χ2v) is 12.9. The van der Waals surface area contributed by atoms with Crippen LogP contribution in [0.15, 0.2) is 192 Å². The van der Waals surface area contributed by atoms with Crippen LogP contribution in [-0.2, 0) is 0 Å². The Balaban J connectivity index is 1.11. The summed E-state index contributed by atoms with van der Waals surface area (Å²) in [6, 6.07) is 67.5. The molecule has 0 bridgehead atoms. The van der Waals surface area contributed by atoms with Crippen molar-refractivity contribution in [3.8, 4) is 22.3 Å². The van der Waals surface area contributed by atoms with Crippen LogP contribution in [0.25, 0.3) is 76.5 Å². The molecule has 1 heterocycles. The fourth-order valence-corrected chi connectivity index (χ4v) is 7.65. The average molecular weight is 638 g/mol. The van der Waals surface area contributed by atoms with Crippen LogP contribution in [0.5, 0.6) is 0 Å². The van der Waals surface area contributed by atoms with Gasteiger partial charge in [-0.1, -0.05) is 121 Å². The van der Waals surface area contributed by atoms with Crippen molar-refractivity contribution in [2.75, 3.05) is 4.90 Å². The molecule has 234 valence electrons. The first-order chi connectivity index (χ1) is 24.8. The van der Waals surface area contributed by atoms with E-state index in [2.05, 4.69) is 181 Å². The van der Waals surface area contributed by atoms with Crippen molar-refractivity contribution in [2.24, 2.45) is 0 Å². The summed E-state index contributed by atoms with van der Waals surface area (Å²) < 4.78 is 6.12. The highest BCUT2D eigenvalue weighted by molar-refractivity contribution is 6.26. The molecule has 2 heteroatoms. The molecule has 0 saturated heterocycles. The molecule has 0 spiro atoms. The predicted molar refractivity (Wildman–Crippen MR) is 212 cm³/mol. The predicted octanol–water partition coefficient (Wildman–Crippen LogP) is 13.8. The van der Waals surface area contributed by atoms with E-state index in [4.69, 9.17) is 4.42 Å². The summed E-state index contributed by atoms with van der Waals surface area (Å²) in [5.41, 5.74) is 9.98. The zero-order valence-corrected chi connectivity index (χ0v) is 27.3. The molecule has 0 aliphatic carbocycles. The minimum Gasteiger partial charge on any atom is -0.456 e. The van der Waals surface area contributed by atoms with Crippen molar-refractivity contribution in [2.45, 2.75) is 0 Å². The second-order valence-electron chi connectivity index (χ2n) is 12.9. The van der Waals surface area contributed by atoms with Gasteiger partial charge in [-0.3, -0.25) is 0 Å². The van der Waals surface area contributed by atoms with E-state index < -0.39 is 0 Å². The number of benzene rings is 9. The van der Waals surface area contributed by atoms with Gasteiger partial charge >= 0.3 is 0 Å². The highest BCUT2D eigenvalue weighted by atomic mass is 16.3. The van der Waals surface area contributed by atoms with Gasteiger partial charge in [0.25, 0.3) is 0 Å². The maximum Gasteiger partial charge on any atom is 0.135 e. The first-order valence-corrected chi connectivity index (χ1v) is 17.1. The molecule has 2 nitrogen and oxygen atoms in total. The molecule has 10 aromatic rings. The Bertz CT molecular complexity index is 2810. The van der Waals surface area contributed by atoms with Gasteiger partial charge in [-0.2, -0.15) is 0 Å². The van der Waals surface area contributed by atoms with Crippen molar-refractivity contribution < 1.29 is 4.42 Å². The molecular formula is C48H31NO. The number of hydrogen-bond donors (Lipinski definition) is 0. The standard InChI is InChI=1S/C48H31NO/c1-3-13-36(14-4-1)49(37-15-5-2-6-16-37)38-17-11-12-32(28-38)33-22-25-41-42-26-23-34(30-45(42)40-19-8-7-18-39(40)44(41)29-33)35-24-27-48-46(31-35)43-20-9-10-21-47(43)50-48/h1-31H. The zero-order valence-electron chi connectivity index (χ0n) is 27.3. The molecule has 10 rings (SSSR count). The fourth-order valence-electron chi connectivity index (χ4n) is 7.65. The molecule has 0 unspecified atom stereocenters. The van der Waals surface area contributed by atoms with Crippen LogP contribution in [0.4, 0.5) is 17.1 Å². The van der Waals surface area contributed by atoms with Gasteiger partial charge in [-0.05, 0) is 121 Å². The summed E-state index contributed by atoms with van der Waals surface area (Å²) in [6.45, 7) is 0. The van der Waals surface area contributed by atoms with Crippen molar-refractivity contribution in [3.05, 3.63) is 188 Å². The molecule has 0 aliphatic rings. The molecule has 0 atom stereocenters. The molecule has 0 saturated carbocycles. The monoisotopic (exact) mass is 637 g/mol. The first kappa shape index (κ1) is 28.4. The van der Waals surface area contributed by atoms with Crippen LogP contribution in [0.3, 0.4) is 0 Å². The number of fused-ring (bicyclic) bond motifs is 9. The molecule has 0 amide bonds. The Hall–Kier alpha value is -6.64. The highest BCUT2D eigenvalue weighted by Crippen LogP contribution is 2.41. The number of rotatable bonds is 5. The van der Waals surface area contributed by atoms with Crippen LogP contribution >= 0.6 is 0 Å². The molecule has 0 fully saturated rings. The number of para-hydroxylation sites is 3. The van der Waals surface area contributed by atoms with E-state index in [1.54, 1.807) is 0 Å². The van der Waals surface area contributed by atoms with Crippen molar-refractivity contribution in [3.63, 3.8) is 0 Å². The maximum atomic E-state index is 6.12. The lowest BCUT2D eigenvalue weighted by molar-refractivity contribution is 0.669. The minimum atomic E-state index is 0.918. The third kappa shape index (κ3) is 4.65. The number of furan rings is 1. The average Bonchev–Trinajstić information content (AvgIpc) is 3.57. The van der Waals surface area contributed by atoms with Gasteiger partial charge in [0, 0.05) is 27.8 Å². The summed E-state index contributed by atoms with van der Waals surface area (Å²) in [6.07, 6.45) is 0. The van der Waals surface area contributed by atoms with E-state index in [1.807, 2.05) is 12.1 Å². The zero-order chi connectivity index (χ0) is 33.0. The van der Waals surface area contributed by atoms with Gasteiger partial charge in [0.2, 0.25) is 0 Å². The number of nitrogens with zero attached hydrogens (tertiary/aromatic N) is 1. The maximum absolute atomic E-state index is 6.12. The lowest BCUT2D eigenvalue weighted by Crippen LogP contribution is -2.09. The van der Waals surface area contributed by atoms with Crippen LogP contribution in [0.2, 0.25) is 0 Å². The van der Waals surface area contributed by atoms with E-state index >= 15 is 0 Å². The third-order valence-electron chi connectivity index (χ3n) is 10.0. The van der Waals surface area contributed by atoms with Crippen LogP contribution in [0.1, 0.15) is 0 Å². The summed E-state index contributed by atoms with van der Waals surface area (Å²) in [5, 5.41) is 9.86. The summed E-state index contributed by atoms with van der Waals surface area (Å²) in [4.78, 5) is 2.32. The highest BCUT2D eigenvalue weighted by Gasteiger charge is 2.15. The first-order valence-electron chi connectivity index (χ1n) is 17.1. The van der Waals surface area contributed by atoms with Crippen LogP contribution in [-0.4, -0.2) is 0 Å². The molecule has 0 N–H and O–H groups in total. The van der Waals surface area contributed by atoms with E-state index in [1.165, 1.54) is 54.6 Å². The van der Waals surface area contributed by atoms with Crippen LogP contribution in [0, 0.1) is 0 Å². The molecule has 1 aromatic heterocycles. The lowest BCUT2D eigenvalue weighted by Gasteiger charge is -2.26. The van der Waals surface area contributed by atoms with Crippen molar-refractivity contribution >= 4 is 71.3 Å². The summed E-state index contributed by atoms with van der Waals surface area (Å²) in [7, 11) is 0. The number of hydrogen-bond acceptors (Lipinski definition) is 2. The molecule has 9 aromatic carbocycles. The van der Waals surface area contributed by atoms with Crippen LogP contribution < -0.4 is 4.90 Å². The van der Waals surface area contributed by atoms with E-state index in [0.717, 1.165) is 39.0 Å². The van der Waals surface area contributed by atoms with E-state index in [0.29, 0.717) is 0 Å². The Morgan fingerprint density at radius 1 is 0.260 bits per heavy atom. The van der Waals surface area contributed by atoms with Gasteiger partial charge in [0.05, 0.1) is 0 Å². The largest absolute Gasteiger partial charge is 0.456 e. The Kier molecular flexibility index (Phi) is 6.53. The van der Waals surface area contributed by atoms with Gasteiger partial charge in [-0.15, -0.1) is 0 Å². The van der Waals surface area contributed by atoms with Gasteiger partial charge in [0.15, 0.2) is 0 Å². The molecular weight excluding hydrogens is 607 g/mol. The SMILES string of the molecule is c1ccc(N(c2ccccc2)c2cccc(-c3ccc4c5ccc(-c6ccc7oc8ccccc8c7c6)cc5c5ccccc5c4c3)c2)cc1. The third-order valence-corrected chi connectivity index (χ3v) is 10.0. The Morgan fingerprint density at radius 3 is 1.32 bits per heavy atom. The smallest absolute Gasteiger partial charge is 0.135 e. The Labute approximate surface area is 290 Å². The van der Waals surface area contributed by atoms with Crippen molar-refractivity contribution in [1.82, 2.24) is 0 Å². The van der Waals surface area contributed by atoms with Gasteiger partial charge in [0.1, 0.15) is 11.2 Å². The van der Waals surface area contributed by atoms with E-state index in [9.17, 15) is 0 Å². The molecule has 0 radical (unpaired) electrons. The molecule has 50 heavy (non-hydrogen) atoms. The fraction of sp³-hybridized carbons (Fsp3) is 0. The van der Waals surface area contributed by atoms with Gasteiger partial charge < -0.3 is 9.32 Å². The van der Waals surface area contributed by atoms with Crippen molar-refractivity contribution in [1.29, 1.82) is 0 Å². The minimum absolute atomic E-state index is 0.918. The van der Waals surface area contributed by atoms with E-state index in [-0.39, 0.29) is 0 Å². The number of anilines is 3. The quantitative estimate of drug-likeness (QED) is 0.175. The second kappa shape index (κ2) is 11.5. The lowest BCUT2D eigenvalue weighted by atomic mass is 9.90. The topological polar surface area (TPSA) is 16.4 Å².